The summed E-state index contributed by atoms with van der Waals surface area (Å²) < 4.78 is 11.3. The molecule has 3 rings (SSSR count). The first-order valence-corrected chi connectivity index (χ1v) is 8.08. The summed E-state index contributed by atoms with van der Waals surface area (Å²) in [5.41, 5.74) is 0.728. The van der Waals surface area contributed by atoms with Gasteiger partial charge in [-0.25, -0.2) is 4.79 Å². The van der Waals surface area contributed by atoms with E-state index in [1.807, 2.05) is 31.7 Å². The Morgan fingerprint density at radius 2 is 1.82 bits per heavy atom. The third-order valence-electron chi connectivity index (χ3n) is 4.52. The minimum atomic E-state index is -0.432. The number of carbonyl (C=O) groups excluding carboxylic acids is 1. The topological polar surface area (TPSA) is 42.1 Å². The van der Waals surface area contributed by atoms with Gasteiger partial charge in [0, 0.05) is 13.1 Å². The van der Waals surface area contributed by atoms with E-state index in [0.717, 1.165) is 32.5 Å². The van der Waals surface area contributed by atoms with Gasteiger partial charge < -0.3 is 14.4 Å². The molecule has 120 valence electrons. The zero-order valence-electron chi connectivity index (χ0n) is 13.7. The summed E-state index contributed by atoms with van der Waals surface area (Å²) in [6.45, 7) is 8.00. The predicted octanol–water partition coefficient (Wildman–Crippen LogP) is 3.56. The Hall–Kier alpha value is -1.55. The summed E-state index contributed by atoms with van der Waals surface area (Å²) in [5.74, 6) is 0.480. The van der Waals surface area contributed by atoms with Crippen LogP contribution in [-0.4, -0.2) is 36.3 Å². The van der Waals surface area contributed by atoms with Crippen molar-refractivity contribution in [1.29, 1.82) is 0 Å². The van der Waals surface area contributed by atoms with Crippen molar-refractivity contribution in [3.63, 3.8) is 0 Å². The van der Waals surface area contributed by atoms with Crippen LogP contribution in [0.1, 0.15) is 39.2 Å². The molecule has 1 unspecified atom stereocenters. The monoisotopic (exact) mass is 303 g/mol. The van der Waals surface area contributed by atoms with Crippen LogP contribution in [0.2, 0.25) is 0 Å². The summed E-state index contributed by atoms with van der Waals surface area (Å²) in [5, 5.41) is 0. The van der Waals surface area contributed by atoms with Crippen LogP contribution in [0.5, 0.6) is 0 Å². The molecule has 2 saturated heterocycles. The van der Waals surface area contributed by atoms with Crippen molar-refractivity contribution >= 4 is 6.09 Å². The number of ether oxygens (including phenoxy) is 2. The molecule has 4 heteroatoms. The van der Waals surface area contributed by atoms with Gasteiger partial charge in [0.2, 0.25) is 0 Å². The Balaban J connectivity index is 1.60. The van der Waals surface area contributed by atoms with E-state index in [1.54, 1.807) is 0 Å². The first kappa shape index (κ1) is 15.3. The number of amides is 1. The summed E-state index contributed by atoms with van der Waals surface area (Å²) in [4.78, 5) is 14.0. The van der Waals surface area contributed by atoms with Crippen LogP contribution in [-0.2, 0) is 15.1 Å². The van der Waals surface area contributed by atoms with E-state index in [2.05, 4.69) is 24.3 Å². The number of benzene rings is 1. The fraction of sp³-hybridized carbons (Fsp3) is 0.611. The lowest BCUT2D eigenvalue weighted by Crippen LogP contribution is -2.43. The Kier molecular flexibility index (Phi) is 3.89. The van der Waals surface area contributed by atoms with Crippen LogP contribution in [0.3, 0.4) is 0 Å². The number of nitrogens with zero attached hydrogens (tertiary/aromatic N) is 1. The Morgan fingerprint density at radius 3 is 2.32 bits per heavy atom. The molecule has 0 aromatic heterocycles. The van der Waals surface area contributed by atoms with Gasteiger partial charge in [0.15, 0.2) is 0 Å². The first-order valence-electron chi connectivity index (χ1n) is 8.08. The van der Waals surface area contributed by atoms with E-state index in [9.17, 15) is 4.79 Å². The molecule has 1 aromatic carbocycles. The van der Waals surface area contributed by atoms with Crippen LogP contribution in [0.15, 0.2) is 30.3 Å². The van der Waals surface area contributed by atoms with E-state index in [1.165, 1.54) is 5.56 Å². The van der Waals surface area contributed by atoms with Crippen LogP contribution in [0, 0.1) is 5.92 Å². The third kappa shape index (κ3) is 3.12. The molecule has 4 nitrogen and oxygen atoms in total. The van der Waals surface area contributed by atoms with Gasteiger partial charge in [-0.2, -0.15) is 0 Å². The molecule has 1 amide bonds. The van der Waals surface area contributed by atoms with Gasteiger partial charge in [-0.3, -0.25) is 0 Å². The maximum absolute atomic E-state index is 12.1. The van der Waals surface area contributed by atoms with E-state index in [4.69, 9.17) is 9.47 Å². The largest absolute Gasteiger partial charge is 0.444 e. The highest BCUT2D eigenvalue weighted by atomic mass is 16.6. The SMILES string of the molecule is CC(C)(C)OC(=O)N1CCC(C2(c3ccccc3)CO2)CC1. The molecule has 2 aliphatic heterocycles. The van der Waals surface area contributed by atoms with Gasteiger partial charge in [0.1, 0.15) is 11.2 Å². The van der Waals surface area contributed by atoms with Crippen molar-refractivity contribution in [2.75, 3.05) is 19.7 Å². The Bertz CT molecular complexity index is 523. The van der Waals surface area contributed by atoms with Crippen LogP contribution in [0.25, 0.3) is 0 Å². The molecular weight excluding hydrogens is 278 g/mol. The number of hydrogen-bond donors (Lipinski definition) is 0. The van der Waals surface area contributed by atoms with Crippen LogP contribution in [0.4, 0.5) is 4.79 Å². The van der Waals surface area contributed by atoms with E-state index < -0.39 is 5.60 Å². The van der Waals surface area contributed by atoms with Crippen molar-refractivity contribution < 1.29 is 14.3 Å². The van der Waals surface area contributed by atoms with E-state index in [-0.39, 0.29) is 11.7 Å². The molecular formula is C18H25NO3. The zero-order valence-corrected chi connectivity index (χ0v) is 13.7. The van der Waals surface area contributed by atoms with Gasteiger partial charge in [0.25, 0.3) is 0 Å². The molecule has 0 saturated carbocycles. The van der Waals surface area contributed by atoms with Crippen molar-refractivity contribution in [2.45, 2.75) is 44.8 Å². The van der Waals surface area contributed by atoms with Gasteiger partial charge in [-0.15, -0.1) is 0 Å². The second kappa shape index (κ2) is 5.58. The molecule has 1 atom stereocenters. The highest BCUT2D eigenvalue weighted by molar-refractivity contribution is 5.68. The highest BCUT2D eigenvalue weighted by Crippen LogP contribution is 2.49. The number of rotatable bonds is 2. The summed E-state index contributed by atoms with van der Waals surface area (Å²) in [6, 6.07) is 10.5. The molecule has 0 spiro atoms. The van der Waals surface area contributed by atoms with E-state index in [0.29, 0.717) is 5.92 Å². The Morgan fingerprint density at radius 1 is 1.23 bits per heavy atom. The normalized spacial score (nSPS) is 25.9. The van der Waals surface area contributed by atoms with Crippen LogP contribution < -0.4 is 0 Å². The quantitative estimate of drug-likeness (QED) is 0.785. The second-order valence-electron chi connectivity index (χ2n) is 7.29. The molecule has 2 fully saturated rings. The van der Waals surface area contributed by atoms with Gasteiger partial charge >= 0.3 is 6.09 Å². The smallest absolute Gasteiger partial charge is 0.410 e. The van der Waals surface area contributed by atoms with Crippen molar-refractivity contribution in [3.8, 4) is 0 Å². The highest BCUT2D eigenvalue weighted by Gasteiger charge is 2.53. The fourth-order valence-corrected chi connectivity index (χ4v) is 3.29. The fourth-order valence-electron chi connectivity index (χ4n) is 3.29. The molecule has 2 heterocycles. The maximum atomic E-state index is 12.1. The number of hydrogen-bond acceptors (Lipinski definition) is 3. The molecule has 1 aromatic rings. The summed E-state index contributed by atoms with van der Waals surface area (Å²) >= 11 is 0. The summed E-state index contributed by atoms with van der Waals surface area (Å²) in [7, 11) is 0. The molecule has 2 aliphatic rings. The molecule has 0 N–H and O–H groups in total. The lowest BCUT2D eigenvalue weighted by molar-refractivity contribution is 0.0140. The summed E-state index contributed by atoms with van der Waals surface area (Å²) in [6.07, 6.45) is 1.74. The number of piperidine rings is 1. The average Bonchev–Trinajstić information content (AvgIpc) is 3.28. The molecule has 22 heavy (non-hydrogen) atoms. The van der Waals surface area contributed by atoms with Gasteiger partial charge in [-0.05, 0) is 45.1 Å². The molecule has 0 aliphatic carbocycles. The van der Waals surface area contributed by atoms with Crippen molar-refractivity contribution in [3.05, 3.63) is 35.9 Å². The lowest BCUT2D eigenvalue weighted by atomic mass is 9.80. The van der Waals surface area contributed by atoms with Crippen molar-refractivity contribution in [1.82, 2.24) is 4.90 Å². The second-order valence-corrected chi connectivity index (χ2v) is 7.29. The predicted molar refractivity (Wildman–Crippen MR) is 84.6 cm³/mol. The average molecular weight is 303 g/mol. The molecule has 0 bridgehead atoms. The minimum absolute atomic E-state index is 0.110. The number of likely N-dealkylation sites (tertiary alicyclic amines) is 1. The lowest BCUT2D eigenvalue weighted by Gasteiger charge is -2.35. The van der Waals surface area contributed by atoms with Crippen LogP contribution >= 0.6 is 0 Å². The number of carbonyl (C=O) groups is 1. The minimum Gasteiger partial charge on any atom is -0.444 e. The number of epoxide rings is 1. The standard InChI is InChI=1S/C18H25NO3/c1-17(2,3)22-16(20)19-11-9-15(10-12-19)18(13-21-18)14-7-5-4-6-8-14/h4-8,15H,9-13H2,1-3H3. The Labute approximate surface area is 132 Å². The van der Waals surface area contributed by atoms with Gasteiger partial charge in [0.05, 0.1) is 6.61 Å². The van der Waals surface area contributed by atoms with Crippen molar-refractivity contribution in [2.24, 2.45) is 5.92 Å². The third-order valence-corrected chi connectivity index (χ3v) is 4.52. The zero-order chi connectivity index (χ0) is 15.8. The molecule has 0 radical (unpaired) electrons. The maximum Gasteiger partial charge on any atom is 0.410 e. The van der Waals surface area contributed by atoms with Gasteiger partial charge in [-0.1, -0.05) is 30.3 Å². The first-order chi connectivity index (χ1) is 10.4. The van der Waals surface area contributed by atoms with E-state index >= 15 is 0 Å².